The molecule has 0 aliphatic carbocycles. The molecule has 2 saturated heterocycles. The third-order valence-electron chi connectivity index (χ3n) is 8.19. The number of nitrogens with zero attached hydrogens (tertiary/aromatic N) is 2. The zero-order valence-corrected chi connectivity index (χ0v) is 22.2. The number of methoxy groups -OCH3 is 1. The Morgan fingerprint density at radius 2 is 1.92 bits per heavy atom. The van der Waals surface area contributed by atoms with Crippen molar-refractivity contribution in [1.82, 2.24) is 10.2 Å². The van der Waals surface area contributed by atoms with E-state index in [4.69, 9.17) is 19.2 Å². The van der Waals surface area contributed by atoms with Gasteiger partial charge in [0.15, 0.2) is 0 Å². The molecule has 2 fully saturated rings. The van der Waals surface area contributed by atoms with Crippen LogP contribution in [0.1, 0.15) is 65.7 Å². The average molecular weight is 504 g/mol. The Bertz CT molecular complexity index is 926. The molecule has 9 heteroatoms. The number of hydrogen-bond donors (Lipinski definition) is 1. The van der Waals surface area contributed by atoms with Crippen molar-refractivity contribution in [2.75, 3.05) is 46.6 Å². The van der Waals surface area contributed by atoms with Gasteiger partial charge in [0.25, 0.3) is 0 Å². The van der Waals surface area contributed by atoms with Crippen molar-refractivity contribution in [3.63, 3.8) is 0 Å². The van der Waals surface area contributed by atoms with E-state index in [1.165, 1.54) is 7.11 Å². The van der Waals surface area contributed by atoms with Crippen LogP contribution in [0, 0.1) is 16.7 Å². The second-order valence-electron chi connectivity index (χ2n) is 11.5. The standard InChI is InChI=1S/C27H41N3O6/c1-5-20-22-19(14-27(16-28-23(22)31)8-12-35-13-9-27)21(29-20)15-26(2,3)17-36-24(32)18-6-10-30(11-7-18)25(33)34-4/h18,20H,5-17H2,1-4H3,(H,28,31). The molecule has 1 atom stereocenters. The van der Waals surface area contributed by atoms with Gasteiger partial charge in [-0.3, -0.25) is 14.6 Å². The number of amides is 2. The molecule has 200 valence electrons. The molecule has 0 radical (unpaired) electrons. The van der Waals surface area contributed by atoms with Crippen LogP contribution >= 0.6 is 0 Å². The number of piperidine rings is 1. The lowest BCUT2D eigenvalue weighted by Gasteiger charge is -2.37. The molecule has 36 heavy (non-hydrogen) atoms. The fourth-order valence-corrected chi connectivity index (χ4v) is 5.89. The highest BCUT2D eigenvalue weighted by molar-refractivity contribution is 6.12. The first-order chi connectivity index (χ1) is 17.2. The van der Waals surface area contributed by atoms with Gasteiger partial charge in [-0.25, -0.2) is 4.79 Å². The number of aliphatic imine (C=N–C) groups is 1. The maximum Gasteiger partial charge on any atom is 0.409 e. The maximum absolute atomic E-state index is 13.1. The summed E-state index contributed by atoms with van der Waals surface area (Å²) in [6.07, 6.45) is 4.95. The fraction of sp³-hybridized carbons (Fsp3) is 0.778. The normalized spacial score (nSPS) is 24.7. The summed E-state index contributed by atoms with van der Waals surface area (Å²) in [7, 11) is 1.37. The maximum atomic E-state index is 13.1. The highest BCUT2D eigenvalue weighted by Gasteiger charge is 2.43. The summed E-state index contributed by atoms with van der Waals surface area (Å²) in [6.45, 7) is 9.65. The van der Waals surface area contributed by atoms with E-state index in [1.807, 2.05) is 0 Å². The molecule has 1 spiro atoms. The summed E-state index contributed by atoms with van der Waals surface area (Å²) in [5.41, 5.74) is 2.62. The number of carbonyl (C=O) groups excluding carboxylic acids is 3. The van der Waals surface area contributed by atoms with Gasteiger partial charge in [0.2, 0.25) is 5.91 Å². The van der Waals surface area contributed by atoms with Crippen molar-refractivity contribution in [1.29, 1.82) is 0 Å². The van der Waals surface area contributed by atoms with Crippen LogP contribution in [0.15, 0.2) is 16.1 Å². The van der Waals surface area contributed by atoms with Crippen LogP contribution in [-0.2, 0) is 23.8 Å². The van der Waals surface area contributed by atoms with E-state index in [9.17, 15) is 14.4 Å². The van der Waals surface area contributed by atoms with E-state index in [1.54, 1.807) is 4.90 Å². The summed E-state index contributed by atoms with van der Waals surface area (Å²) in [5, 5.41) is 3.19. The third-order valence-corrected chi connectivity index (χ3v) is 8.19. The Labute approximate surface area is 214 Å². The van der Waals surface area contributed by atoms with Crippen LogP contribution < -0.4 is 5.32 Å². The molecule has 0 bridgehead atoms. The lowest BCUT2D eigenvalue weighted by atomic mass is 9.73. The first-order valence-electron chi connectivity index (χ1n) is 13.3. The minimum atomic E-state index is -0.353. The predicted octanol–water partition coefficient (Wildman–Crippen LogP) is 3.27. The van der Waals surface area contributed by atoms with Crippen LogP contribution in [0.2, 0.25) is 0 Å². The van der Waals surface area contributed by atoms with Gasteiger partial charge in [0.1, 0.15) is 0 Å². The van der Waals surface area contributed by atoms with E-state index < -0.39 is 0 Å². The van der Waals surface area contributed by atoms with Gasteiger partial charge in [-0.15, -0.1) is 0 Å². The van der Waals surface area contributed by atoms with Crippen molar-refractivity contribution >= 4 is 23.7 Å². The molecule has 0 aromatic rings. The number of ether oxygens (including phenoxy) is 3. The van der Waals surface area contributed by atoms with Gasteiger partial charge < -0.3 is 24.4 Å². The van der Waals surface area contributed by atoms with E-state index in [0.29, 0.717) is 38.9 Å². The van der Waals surface area contributed by atoms with Crippen LogP contribution in [0.5, 0.6) is 0 Å². The second kappa shape index (κ2) is 10.9. The minimum Gasteiger partial charge on any atom is -0.465 e. The highest BCUT2D eigenvalue weighted by atomic mass is 16.5. The number of hydrogen-bond acceptors (Lipinski definition) is 7. The summed E-state index contributed by atoms with van der Waals surface area (Å²) in [5.74, 6) is -0.396. The Hall–Kier alpha value is -2.42. The van der Waals surface area contributed by atoms with Gasteiger partial charge in [0.05, 0.1) is 25.7 Å². The summed E-state index contributed by atoms with van der Waals surface area (Å²) < 4.78 is 16.2. The zero-order valence-electron chi connectivity index (χ0n) is 22.2. The summed E-state index contributed by atoms with van der Waals surface area (Å²) in [6, 6.07) is -0.108. The molecule has 1 unspecified atom stereocenters. The van der Waals surface area contributed by atoms with Gasteiger partial charge in [-0.05, 0) is 55.9 Å². The zero-order chi connectivity index (χ0) is 25.9. The van der Waals surface area contributed by atoms with Crippen molar-refractivity contribution in [3.8, 4) is 0 Å². The molecule has 9 nitrogen and oxygen atoms in total. The second-order valence-corrected chi connectivity index (χ2v) is 11.5. The van der Waals surface area contributed by atoms with Crippen molar-refractivity contribution < 1.29 is 28.6 Å². The largest absolute Gasteiger partial charge is 0.465 e. The molecule has 1 N–H and O–H groups in total. The van der Waals surface area contributed by atoms with E-state index in [0.717, 1.165) is 55.8 Å². The lowest BCUT2D eigenvalue weighted by molar-refractivity contribution is -0.153. The highest BCUT2D eigenvalue weighted by Crippen LogP contribution is 2.43. The van der Waals surface area contributed by atoms with Crippen LogP contribution in [0.4, 0.5) is 4.79 Å². The Balaban J connectivity index is 1.40. The lowest BCUT2D eigenvalue weighted by Crippen LogP contribution is -2.41. The third kappa shape index (κ3) is 5.76. The van der Waals surface area contributed by atoms with Gasteiger partial charge in [-0.2, -0.15) is 0 Å². The van der Waals surface area contributed by atoms with Crippen LogP contribution in [-0.4, -0.2) is 81.2 Å². The van der Waals surface area contributed by atoms with Gasteiger partial charge in [-0.1, -0.05) is 20.8 Å². The number of carbonyl (C=O) groups is 3. The van der Waals surface area contributed by atoms with E-state index >= 15 is 0 Å². The van der Waals surface area contributed by atoms with E-state index in [2.05, 4.69) is 26.1 Å². The molecule has 4 aliphatic heterocycles. The monoisotopic (exact) mass is 503 g/mol. The number of nitrogens with one attached hydrogen (secondary N) is 1. The van der Waals surface area contributed by atoms with Crippen molar-refractivity contribution in [2.24, 2.45) is 21.7 Å². The quantitative estimate of drug-likeness (QED) is 0.558. The Kier molecular flexibility index (Phi) is 8.07. The fourth-order valence-electron chi connectivity index (χ4n) is 5.89. The summed E-state index contributed by atoms with van der Waals surface area (Å²) in [4.78, 5) is 44.2. The molecule has 4 rings (SSSR count). The topological polar surface area (TPSA) is 107 Å². The number of esters is 1. The van der Waals surface area contributed by atoms with Gasteiger partial charge >= 0.3 is 12.1 Å². The first-order valence-corrected chi connectivity index (χ1v) is 13.3. The summed E-state index contributed by atoms with van der Waals surface area (Å²) >= 11 is 0. The average Bonchev–Trinajstić information content (AvgIpc) is 3.14. The predicted molar refractivity (Wildman–Crippen MR) is 135 cm³/mol. The molecule has 0 saturated carbocycles. The van der Waals surface area contributed by atoms with Crippen LogP contribution in [0.3, 0.4) is 0 Å². The SMILES string of the molecule is CCC1N=C(CC(C)(C)COC(=O)C2CCN(C(=O)OC)CC2)C2=C1C(=O)NCC1(CCOCC1)C2. The van der Waals surface area contributed by atoms with Crippen LogP contribution in [0.25, 0.3) is 0 Å². The molecule has 0 aromatic carbocycles. The van der Waals surface area contributed by atoms with E-state index in [-0.39, 0.29) is 47.4 Å². The van der Waals surface area contributed by atoms with Gasteiger partial charge in [0, 0.05) is 49.5 Å². The number of allylic oxidation sites excluding steroid dienone is 1. The molecule has 4 heterocycles. The number of rotatable bonds is 6. The Morgan fingerprint density at radius 3 is 2.56 bits per heavy atom. The smallest absolute Gasteiger partial charge is 0.409 e. The first kappa shape index (κ1) is 26.6. The molecule has 0 aromatic heterocycles. The van der Waals surface area contributed by atoms with Crippen molar-refractivity contribution in [3.05, 3.63) is 11.1 Å². The number of likely N-dealkylation sites (tertiary alicyclic amines) is 1. The molecule has 2 amide bonds. The molecule has 4 aliphatic rings. The van der Waals surface area contributed by atoms with Crippen molar-refractivity contribution in [2.45, 2.75) is 71.8 Å². The Morgan fingerprint density at radius 1 is 1.22 bits per heavy atom. The molecular weight excluding hydrogens is 462 g/mol. The molecular formula is C27H41N3O6. The minimum absolute atomic E-state index is 0.0153.